The van der Waals surface area contributed by atoms with Gasteiger partial charge in [-0.25, -0.2) is 8.78 Å². The summed E-state index contributed by atoms with van der Waals surface area (Å²) in [6.07, 6.45) is 9.45. The summed E-state index contributed by atoms with van der Waals surface area (Å²) in [7, 11) is 0. The number of halogens is 2. The van der Waals surface area contributed by atoms with Gasteiger partial charge in [-0.05, 0) is 63.1 Å². The number of rotatable bonds is 12. The van der Waals surface area contributed by atoms with Crippen LogP contribution >= 0.6 is 0 Å². The summed E-state index contributed by atoms with van der Waals surface area (Å²) in [6.45, 7) is 12.8. The Balaban J connectivity index is 4.67. The molecule has 0 aromatic rings. The first-order valence-corrected chi connectivity index (χ1v) is 8.89. The first-order chi connectivity index (χ1) is 10.9. The monoisotopic (exact) mass is 327 g/mol. The van der Waals surface area contributed by atoms with E-state index in [0.29, 0.717) is 12.0 Å². The minimum Gasteiger partial charge on any atom is -0.317 e. The van der Waals surface area contributed by atoms with Crippen molar-refractivity contribution in [1.29, 1.82) is 0 Å². The van der Waals surface area contributed by atoms with E-state index in [1.807, 2.05) is 13.0 Å². The third-order valence-corrected chi connectivity index (χ3v) is 3.99. The normalized spacial score (nSPS) is 14.5. The van der Waals surface area contributed by atoms with Crippen molar-refractivity contribution < 1.29 is 8.78 Å². The molecule has 0 unspecified atom stereocenters. The van der Waals surface area contributed by atoms with E-state index in [9.17, 15) is 8.78 Å². The fraction of sp³-hybridized carbons (Fsp3) is 0.700. The predicted molar refractivity (Wildman–Crippen MR) is 97.8 cm³/mol. The van der Waals surface area contributed by atoms with Crippen LogP contribution in [0.4, 0.5) is 8.78 Å². The van der Waals surface area contributed by atoms with Gasteiger partial charge in [-0.2, -0.15) is 0 Å². The van der Waals surface area contributed by atoms with Crippen LogP contribution in [0.1, 0.15) is 73.1 Å². The van der Waals surface area contributed by atoms with Gasteiger partial charge in [0.2, 0.25) is 0 Å². The second-order valence-corrected chi connectivity index (χ2v) is 7.06. The smallest absolute Gasteiger partial charge is 0.154 e. The number of unbranched alkanes of at least 4 members (excludes halogenated alkanes) is 1. The summed E-state index contributed by atoms with van der Waals surface area (Å²) in [5.74, 6) is -0.743. The molecule has 1 N–H and O–H groups in total. The molecule has 134 valence electrons. The number of nitrogens with one attached hydrogen (secondary N) is 1. The van der Waals surface area contributed by atoms with Gasteiger partial charge in [0.1, 0.15) is 6.33 Å². The molecule has 0 bridgehead atoms. The topological polar surface area (TPSA) is 12.0 Å². The van der Waals surface area contributed by atoms with Gasteiger partial charge in [0.15, 0.2) is 5.83 Å². The van der Waals surface area contributed by atoms with E-state index < -0.39 is 5.83 Å². The van der Waals surface area contributed by atoms with Crippen molar-refractivity contribution >= 4 is 0 Å². The highest BCUT2D eigenvalue weighted by Gasteiger charge is 2.17. The lowest BCUT2D eigenvalue weighted by molar-refractivity contribution is 0.320. The van der Waals surface area contributed by atoms with E-state index in [1.165, 1.54) is 5.57 Å². The van der Waals surface area contributed by atoms with Crippen LogP contribution in [0.5, 0.6) is 0 Å². The highest BCUT2D eigenvalue weighted by atomic mass is 19.2. The highest BCUT2D eigenvalue weighted by molar-refractivity contribution is 5.29. The summed E-state index contributed by atoms with van der Waals surface area (Å²) in [5.41, 5.74) is 1.89. The molecule has 0 atom stereocenters. The van der Waals surface area contributed by atoms with Crippen molar-refractivity contribution in [2.75, 3.05) is 13.1 Å². The maximum atomic E-state index is 13.5. The van der Waals surface area contributed by atoms with Gasteiger partial charge in [0.25, 0.3) is 0 Å². The molecule has 0 aliphatic heterocycles. The van der Waals surface area contributed by atoms with E-state index in [0.717, 1.165) is 45.2 Å². The van der Waals surface area contributed by atoms with Crippen molar-refractivity contribution in [2.24, 2.45) is 5.41 Å². The maximum absolute atomic E-state index is 13.5. The summed E-state index contributed by atoms with van der Waals surface area (Å²) in [6, 6.07) is 0. The Labute approximate surface area is 141 Å². The Hall–Kier alpha value is -0.960. The van der Waals surface area contributed by atoms with Crippen LogP contribution in [0.15, 0.2) is 35.5 Å². The fourth-order valence-electron chi connectivity index (χ4n) is 2.73. The van der Waals surface area contributed by atoms with Crippen LogP contribution in [0.2, 0.25) is 0 Å². The predicted octanol–water partition coefficient (Wildman–Crippen LogP) is 6.64. The quantitative estimate of drug-likeness (QED) is 0.313. The third-order valence-electron chi connectivity index (χ3n) is 3.99. The molecular formula is C20H35F2N. The van der Waals surface area contributed by atoms with Gasteiger partial charge in [0, 0.05) is 0 Å². The Morgan fingerprint density at radius 3 is 2.39 bits per heavy atom. The van der Waals surface area contributed by atoms with Crippen LogP contribution in [0.3, 0.4) is 0 Å². The molecular weight excluding hydrogens is 292 g/mol. The van der Waals surface area contributed by atoms with Crippen molar-refractivity contribution in [1.82, 2.24) is 5.32 Å². The lowest BCUT2D eigenvalue weighted by Gasteiger charge is -2.25. The molecule has 0 radical (unpaired) electrons. The highest BCUT2D eigenvalue weighted by Crippen LogP contribution is 2.30. The zero-order chi connectivity index (χ0) is 17.7. The zero-order valence-corrected chi connectivity index (χ0v) is 15.6. The number of hydrogen-bond donors (Lipinski definition) is 1. The standard InChI is InChI=1S/C20H35F2N/c1-6-8-10-18(19(22)16-21)12-11-17(3)15-20(4,5)13-9-14-23-7-2/h11-12,16,23H,6-10,13-15H2,1-5H3/b17-11+,18-12-,19-16-. The molecule has 0 heterocycles. The van der Waals surface area contributed by atoms with E-state index in [-0.39, 0.29) is 11.7 Å². The van der Waals surface area contributed by atoms with Gasteiger partial charge in [0.05, 0.1) is 0 Å². The maximum Gasteiger partial charge on any atom is 0.154 e. The van der Waals surface area contributed by atoms with E-state index in [4.69, 9.17) is 0 Å². The molecule has 0 aromatic carbocycles. The summed E-state index contributed by atoms with van der Waals surface area (Å²) >= 11 is 0. The van der Waals surface area contributed by atoms with Crippen LogP contribution in [0, 0.1) is 5.41 Å². The van der Waals surface area contributed by atoms with Crippen LogP contribution in [-0.2, 0) is 0 Å². The molecule has 1 nitrogen and oxygen atoms in total. The van der Waals surface area contributed by atoms with Crippen LogP contribution in [0.25, 0.3) is 0 Å². The summed E-state index contributed by atoms with van der Waals surface area (Å²) < 4.78 is 26.0. The number of allylic oxidation sites excluding steroid dienone is 5. The SMILES string of the molecule is CCCCC(=C/C=C(\C)CC(C)(C)CCCNCC)/C(F)=C/F. The second-order valence-electron chi connectivity index (χ2n) is 7.06. The average molecular weight is 328 g/mol. The zero-order valence-electron chi connectivity index (χ0n) is 15.6. The van der Waals surface area contributed by atoms with Gasteiger partial charge in [-0.1, -0.05) is 51.8 Å². The largest absolute Gasteiger partial charge is 0.317 e. The summed E-state index contributed by atoms with van der Waals surface area (Å²) in [4.78, 5) is 0. The van der Waals surface area contributed by atoms with E-state index in [2.05, 4.69) is 33.0 Å². The average Bonchev–Trinajstić information content (AvgIpc) is 2.50. The third kappa shape index (κ3) is 11.2. The molecule has 0 saturated heterocycles. The van der Waals surface area contributed by atoms with Gasteiger partial charge in [-0.3, -0.25) is 0 Å². The summed E-state index contributed by atoms with van der Waals surface area (Å²) in [5, 5.41) is 3.35. The van der Waals surface area contributed by atoms with Crippen molar-refractivity contribution in [3.05, 3.63) is 35.5 Å². The minimum absolute atomic E-state index is 0.0648. The van der Waals surface area contributed by atoms with E-state index >= 15 is 0 Å². The van der Waals surface area contributed by atoms with Gasteiger partial charge < -0.3 is 5.32 Å². The molecule has 0 saturated carbocycles. The Morgan fingerprint density at radius 2 is 1.83 bits per heavy atom. The van der Waals surface area contributed by atoms with Crippen molar-refractivity contribution in [3.63, 3.8) is 0 Å². The minimum atomic E-state index is -0.743. The Morgan fingerprint density at radius 1 is 1.13 bits per heavy atom. The first kappa shape index (κ1) is 22.0. The first-order valence-electron chi connectivity index (χ1n) is 8.89. The van der Waals surface area contributed by atoms with Crippen LogP contribution in [-0.4, -0.2) is 13.1 Å². The number of hydrogen-bond acceptors (Lipinski definition) is 1. The van der Waals surface area contributed by atoms with Crippen molar-refractivity contribution in [3.8, 4) is 0 Å². The fourth-order valence-corrected chi connectivity index (χ4v) is 2.73. The lowest BCUT2D eigenvalue weighted by atomic mass is 9.81. The molecule has 0 aliphatic rings. The molecule has 0 spiro atoms. The molecule has 3 heteroatoms. The molecule has 0 rings (SSSR count). The Bertz CT molecular complexity index is 406. The van der Waals surface area contributed by atoms with Gasteiger partial charge >= 0.3 is 0 Å². The van der Waals surface area contributed by atoms with Crippen molar-refractivity contribution in [2.45, 2.75) is 73.1 Å². The Kier molecular flexibility index (Phi) is 11.9. The second kappa shape index (κ2) is 12.5. The molecule has 0 fully saturated rings. The van der Waals surface area contributed by atoms with Crippen LogP contribution < -0.4 is 5.32 Å². The molecule has 0 aliphatic carbocycles. The molecule has 23 heavy (non-hydrogen) atoms. The van der Waals surface area contributed by atoms with E-state index in [1.54, 1.807) is 6.08 Å². The lowest BCUT2D eigenvalue weighted by Crippen LogP contribution is -2.18. The molecule has 0 amide bonds. The van der Waals surface area contributed by atoms with Gasteiger partial charge in [-0.15, -0.1) is 0 Å². The molecule has 0 aromatic heterocycles.